The third-order valence-corrected chi connectivity index (χ3v) is 2.16. The highest BCUT2D eigenvalue weighted by Gasteiger charge is 1.92. The number of hydrogen-bond acceptors (Lipinski definition) is 4. The molecule has 0 aromatic carbocycles. The van der Waals surface area contributed by atoms with Crippen LogP contribution in [0.1, 0.15) is 58.3 Å². The minimum atomic E-state index is 0.468. The van der Waals surface area contributed by atoms with Gasteiger partial charge in [0.2, 0.25) is 0 Å². The first-order valence-corrected chi connectivity index (χ1v) is 5.51. The van der Waals surface area contributed by atoms with Gasteiger partial charge < -0.3 is 0 Å². The predicted molar refractivity (Wildman–Crippen MR) is 53.4 cm³/mol. The third-order valence-electron chi connectivity index (χ3n) is 2.16. The molecule has 0 aliphatic heterocycles. The van der Waals surface area contributed by atoms with Gasteiger partial charge >= 0.3 is 0 Å². The van der Waals surface area contributed by atoms with E-state index in [1.807, 2.05) is 0 Å². The third kappa shape index (κ3) is 11.8. The molecule has 0 unspecified atom stereocenters. The SMILES string of the molecule is CCCCCCCCCCOOOO. The van der Waals surface area contributed by atoms with E-state index >= 15 is 0 Å². The van der Waals surface area contributed by atoms with Crippen molar-refractivity contribution in [2.75, 3.05) is 6.61 Å². The van der Waals surface area contributed by atoms with Crippen LogP contribution in [0.4, 0.5) is 0 Å². The summed E-state index contributed by atoms with van der Waals surface area (Å²) in [6.07, 6.45) is 9.97. The highest BCUT2D eigenvalue weighted by atomic mass is 17.6. The molecule has 0 rings (SSSR count). The Labute approximate surface area is 85.9 Å². The maximum Gasteiger partial charge on any atom is 0.0854 e. The summed E-state index contributed by atoms with van der Waals surface area (Å²) in [5, 5.41) is 14.9. The van der Waals surface area contributed by atoms with Crippen molar-refractivity contribution in [2.45, 2.75) is 58.3 Å². The van der Waals surface area contributed by atoms with Crippen LogP contribution in [0, 0.1) is 0 Å². The fourth-order valence-electron chi connectivity index (χ4n) is 1.35. The van der Waals surface area contributed by atoms with Gasteiger partial charge in [-0.05, 0) is 16.5 Å². The van der Waals surface area contributed by atoms with Crippen LogP contribution < -0.4 is 0 Å². The van der Waals surface area contributed by atoms with Crippen LogP contribution in [-0.2, 0) is 15.0 Å². The van der Waals surface area contributed by atoms with Crippen LogP contribution in [-0.4, -0.2) is 11.9 Å². The summed E-state index contributed by atoms with van der Waals surface area (Å²) < 4.78 is 0. The second-order valence-corrected chi connectivity index (χ2v) is 3.44. The van der Waals surface area contributed by atoms with Crippen molar-refractivity contribution in [1.29, 1.82) is 0 Å². The smallest absolute Gasteiger partial charge is 0.0854 e. The molecule has 0 bridgehead atoms. The molecule has 0 fully saturated rings. The summed E-state index contributed by atoms with van der Waals surface area (Å²) in [7, 11) is 0. The van der Waals surface area contributed by atoms with Gasteiger partial charge in [-0.25, -0.2) is 10.1 Å². The van der Waals surface area contributed by atoms with Gasteiger partial charge in [0.05, 0.1) is 6.61 Å². The average Bonchev–Trinajstić information content (AvgIpc) is 2.21. The van der Waals surface area contributed by atoms with Gasteiger partial charge in [0.25, 0.3) is 0 Å². The van der Waals surface area contributed by atoms with Gasteiger partial charge in [-0.2, -0.15) is 0 Å². The van der Waals surface area contributed by atoms with Gasteiger partial charge in [0.15, 0.2) is 0 Å². The van der Waals surface area contributed by atoms with Crippen LogP contribution in [0.3, 0.4) is 0 Å². The van der Waals surface area contributed by atoms with Crippen molar-refractivity contribution < 1.29 is 20.2 Å². The molecule has 0 atom stereocenters. The highest BCUT2D eigenvalue weighted by molar-refractivity contribution is 4.44. The average molecular weight is 206 g/mol. The first-order valence-electron chi connectivity index (χ1n) is 5.51. The molecule has 0 aliphatic carbocycles. The standard InChI is InChI=1S/C10H22O4/c1-2-3-4-5-6-7-8-9-10-12-14-13-11/h11H,2-10H2,1H3. The largest absolute Gasteiger partial charge is 0.219 e. The number of hydrogen-bond donors (Lipinski definition) is 1. The minimum Gasteiger partial charge on any atom is -0.219 e. The molecule has 4 nitrogen and oxygen atoms in total. The van der Waals surface area contributed by atoms with Crippen molar-refractivity contribution in [2.24, 2.45) is 0 Å². The van der Waals surface area contributed by atoms with E-state index in [-0.39, 0.29) is 0 Å². The van der Waals surface area contributed by atoms with E-state index in [2.05, 4.69) is 21.9 Å². The topological polar surface area (TPSA) is 47.9 Å². The molecule has 0 aliphatic rings. The first kappa shape index (κ1) is 13.8. The monoisotopic (exact) mass is 206 g/mol. The summed E-state index contributed by atoms with van der Waals surface area (Å²) in [5.41, 5.74) is 0. The maximum atomic E-state index is 7.74. The lowest BCUT2D eigenvalue weighted by Crippen LogP contribution is -1.95. The zero-order valence-electron chi connectivity index (χ0n) is 9.04. The zero-order valence-corrected chi connectivity index (χ0v) is 9.04. The van der Waals surface area contributed by atoms with E-state index in [1.54, 1.807) is 0 Å². The molecule has 86 valence electrons. The lowest BCUT2D eigenvalue weighted by molar-refractivity contribution is -0.623. The Morgan fingerprint density at radius 1 is 0.857 bits per heavy atom. The van der Waals surface area contributed by atoms with E-state index in [0.717, 1.165) is 12.8 Å². The Morgan fingerprint density at radius 2 is 1.43 bits per heavy atom. The summed E-state index contributed by atoms with van der Waals surface area (Å²) in [4.78, 5) is 4.46. The molecule has 0 aromatic rings. The molecule has 1 N–H and O–H groups in total. The lowest BCUT2D eigenvalue weighted by atomic mass is 10.1. The molecule has 4 heteroatoms. The van der Waals surface area contributed by atoms with Crippen molar-refractivity contribution >= 4 is 0 Å². The molecule has 0 saturated carbocycles. The van der Waals surface area contributed by atoms with E-state index in [4.69, 9.17) is 5.26 Å². The summed E-state index contributed by atoms with van der Waals surface area (Å²) in [5.74, 6) is 0. The van der Waals surface area contributed by atoms with Gasteiger partial charge in [0.1, 0.15) is 0 Å². The molecular weight excluding hydrogens is 184 g/mol. The Hall–Kier alpha value is -0.160. The molecule has 0 heterocycles. The fourth-order valence-corrected chi connectivity index (χ4v) is 1.35. The van der Waals surface area contributed by atoms with Crippen molar-refractivity contribution in [3.63, 3.8) is 0 Å². The van der Waals surface area contributed by atoms with Gasteiger partial charge in [-0.1, -0.05) is 51.9 Å². The van der Waals surface area contributed by atoms with Crippen LogP contribution in [0.25, 0.3) is 0 Å². The second kappa shape index (κ2) is 12.8. The number of unbranched alkanes of at least 4 members (excludes halogenated alkanes) is 7. The van der Waals surface area contributed by atoms with E-state index in [0.29, 0.717) is 6.61 Å². The first-order chi connectivity index (χ1) is 6.91. The van der Waals surface area contributed by atoms with E-state index in [9.17, 15) is 0 Å². The second-order valence-electron chi connectivity index (χ2n) is 3.44. The van der Waals surface area contributed by atoms with Crippen molar-refractivity contribution in [1.82, 2.24) is 0 Å². The van der Waals surface area contributed by atoms with Crippen molar-refractivity contribution in [3.05, 3.63) is 0 Å². The van der Waals surface area contributed by atoms with Gasteiger partial charge in [-0.3, -0.25) is 0 Å². The van der Waals surface area contributed by atoms with Gasteiger partial charge in [-0.15, -0.1) is 0 Å². The minimum absolute atomic E-state index is 0.468. The Bertz CT molecular complexity index is 86.1. The summed E-state index contributed by atoms with van der Waals surface area (Å²) in [6, 6.07) is 0. The molecule has 0 amide bonds. The highest BCUT2D eigenvalue weighted by Crippen LogP contribution is 2.08. The molecular formula is C10H22O4. The van der Waals surface area contributed by atoms with Crippen LogP contribution >= 0.6 is 0 Å². The summed E-state index contributed by atoms with van der Waals surface area (Å²) in [6.45, 7) is 2.69. The predicted octanol–water partition coefficient (Wildman–Crippen LogP) is 3.48. The van der Waals surface area contributed by atoms with E-state index in [1.165, 1.54) is 38.5 Å². The molecule has 0 spiro atoms. The number of rotatable bonds is 11. The van der Waals surface area contributed by atoms with Crippen LogP contribution in [0.2, 0.25) is 0 Å². The maximum absolute atomic E-state index is 7.74. The zero-order chi connectivity index (χ0) is 10.5. The lowest BCUT2D eigenvalue weighted by Gasteiger charge is -2.00. The molecule has 0 aromatic heterocycles. The van der Waals surface area contributed by atoms with Crippen molar-refractivity contribution in [3.8, 4) is 0 Å². The van der Waals surface area contributed by atoms with Crippen LogP contribution in [0.15, 0.2) is 0 Å². The Morgan fingerprint density at radius 3 is 2.00 bits per heavy atom. The molecule has 14 heavy (non-hydrogen) atoms. The summed E-state index contributed by atoms with van der Waals surface area (Å²) >= 11 is 0. The quantitative estimate of drug-likeness (QED) is 0.319. The fraction of sp³-hybridized carbons (Fsp3) is 1.00. The molecule has 0 saturated heterocycles. The Balaban J connectivity index is 2.78. The van der Waals surface area contributed by atoms with Gasteiger partial charge in [0, 0.05) is 0 Å². The Kier molecular flexibility index (Phi) is 12.7. The normalized spacial score (nSPS) is 10.7. The van der Waals surface area contributed by atoms with E-state index < -0.39 is 0 Å². The van der Waals surface area contributed by atoms with Crippen LogP contribution in [0.5, 0.6) is 0 Å². The molecule has 0 radical (unpaired) electrons.